The fourth-order valence-electron chi connectivity index (χ4n) is 4.25. The van der Waals surface area contributed by atoms with E-state index < -0.39 is 0 Å². The van der Waals surface area contributed by atoms with E-state index in [0.29, 0.717) is 0 Å². The van der Waals surface area contributed by atoms with Crippen molar-refractivity contribution in [2.75, 3.05) is 6.54 Å². The minimum atomic E-state index is 0.822. The van der Waals surface area contributed by atoms with Gasteiger partial charge < -0.3 is 5.32 Å². The number of rotatable bonds is 12. The highest BCUT2D eigenvalue weighted by Gasteiger charge is 2.28. The number of unbranched alkanes of at least 4 members (excludes halogenated alkanes) is 6. The first kappa shape index (κ1) is 19.0. The maximum atomic E-state index is 3.77. The third kappa shape index (κ3) is 8.24. The predicted octanol–water partition coefficient (Wildman–Crippen LogP) is 6.32. The number of hydrogen-bond acceptors (Lipinski definition) is 1. The van der Waals surface area contributed by atoms with Crippen molar-refractivity contribution in [2.45, 2.75) is 110 Å². The Morgan fingerprint density at radius 1 is 0.762 bits per heavy atom. The largest absolute Gasteiger partial charge is 0.314 e. The average Bonchev–Trinajstić information content (AvgIpc) is 2.49. The van der Waals surface area contributed by atoms with Crippen LogP contribution < -0.4 is 5.32 Å². The molecule has 1 rings (SSSR count). The molecule has 1 heteroatoms. The molecule has 0 aromatic rings. The van der Waals surface area contributed by atoms with Crippen LogP contribution in [0.3, 0.4) is 0 Å². The van der Waals surface area contributed by atoms with Crippen LogP contribution in [-0.2, 0) is 0 Å². The lowest BCUT2D eigenvalue weighted by atomic mass is 9.74. The second-order valence-corrected chi connectivity index (χ2v) is 7.30. The highest BCUT2D eigenvalue weighted by Crippen LogP contribution is 2.35. The van der Waals surface area contributed by atoms with E-state index in [1.807, 2.05) is 0 Å². The molecule has 0 aromatic heterocycles. The molecule has 0 aromatic carbocycles. The van der Waals surface area contributed by atoms with E-state index in [-0.39, 0.29) is 0 Å². The van der Waals surface area contributed by atoms with Crippen molar-refractivity contribution in [3.8, 4) is 0 Å². The van der Waals surface area contributed by atoms with E-state index in [1.54, 1.807) is 0 Å². The molecule has 0 heterocycles. The summed E-state index contributed by atoms with van der Waals surface area (Å²) >= 11 is 0. The zero-order valence-electron chi connectivity index (χ0n) is 15.1. The topological polar surface area (TPSA) is 12.0 Å². The first-order chi connectivity index (χ1) is 10.3. The van der Waals surface area contributed by atoms with Crippen molar-refractivity contribution in [3.05, 3.63) is 0 Å². The van der Waals surface area contributed by atoms with Crippen LogP contribution in [0.5, 0.6) is 0 Å². The predicted molar refractivity (Wildman–Crippen MR) is 95.8 cm³/mol. The van der Waals surface area contributed by atoms with Gasteiger partial charge in [-0.05, 0) is 44.1 Å². The molecule has 1 N–H and O–H groups in total. The highest BCUT2D eigenvalue weighted by atomic mass is 14.9. The van der Waals surface area contributed by atoms with E-state index >= 15 is 0 Å². The first-order valence-electron chi connectivity index (χ1n) is 10.0. The summed E-state index contributed by atoms with van der Waals surface area (Å²) in [6, 6.07) is 0.822. The second kappa shape index (κ2) is 12.5. The summed E-state index contributed by atoms with van der Waals surface area (Å²) in [5, 5.41) is 3.77. The lowest BCUT2D eigenvalue weighted by molar-refractivity contribution is 0.183. The quantitative estimate of drug-likeness (QED) is 0.415. The smallest absolute Gasteiger partial charge is 0.00954 e. The maximum Gasteiger partial charge on any atom is 0.00954 e. The molecule has 1 aliphatic carbocycles. The van der Waals surface area contributed by atoms with Crippen LogP contribution in [0.1, 0.15) is 104 Å². The van der Waals surface area contributed by atoms with Crippen molar-refractivity contribution in [2.24, 2.45) is 11.8 Å². The fraction of sp³-hybridized carbons (Fsp3) is 1.00. The normalized spacial score (nSPS) is 26.1. The van der Waals surface area contributed by atoms with Crippen LogP contribution >= 0.6 is 0 Å². The summed E-state index contributed by atoms with van der Waals surface area (Å²) < 4.78 is 0. The third-order valence-corrected chi connectivity index (χ3v) is 5.43. The summed E-state index contributed by atoms with van der Waals surface area (Å²) in [7, 11) is 0. The van der Waals surface area contributed by atoms with Crippen molar-refractivity contribution in [1.82, 2.24) is 5.32 Å². The number of hydrogen-bond donors (Lipinski definition) is 1. The summed E-state index contributed by atoms with van der Waals surface area (Å²) in [6.45, 7) is 8.07. The van der Waals surface area contributed by atoms with Crippen LogP contribution in [-0.4, -0.2) is 12.6 Å². The van der Waals surface area contributed by atoms with Crippen molar-refractivity contribution in [3.63, 3.8) is 0 Å². The van der Waals surface area contributed by atoms with Crippen molar-refractivity contribution < 1.29 is 0 Å². The molecule has 0 bridgehead atoms. The van der Waals surface area contributed by atoms with Crippen LogP contribution in [0.4, 0.5) is 0 Å². The molecule has 0 amide bonds. The molecule has 1 fully saturated rings. The van der Waals surface area contributed by atoms with Gasteiger partial charge in [0.2, 0.25) is 0 Å². The lowest BCUT2D eigenvalue weighted by Gasteiger charge is -2.37. The molecular formula is C20H41N. The Hall–Kier alpha value is -0.0400. The summed E-state index contributed by atoms with van der Waals surface area (Å²) in [6.07, 6.45) is 18.9. The highest BCUT2D eigenvalue weighted by molar-refractivity contribution is 4.84. The van der Waals surface area contributed by atoms with Crippen LogP contribution in [0.25, 0.3) is 0 Å². The Morgan fingerprint density at radius 3 is 2.14 bits per heavy atom. The van der Waals surface area contributed by atoms with Gasteiger partial charge in [0.1, 0.15) is 0 Å². The fourth-order valence-corrected chi connectivity index (χ4v) is 4.25. The second-order valence-electron chi connectivity index (χ2n) is 7.30. The van der Waals surface area contributed by atoms with Gasteiger partial charge in [-0.1, -0.05) is 78.6 Å². The van der Waals surface area contributed by atoms with Gasteiger partial charge in [-0.15, -0.1) is 0 Å². The molecule has 0 aliphatic heterocycles. The van der Waals surface area contributed by atoms with Gasteiger partial charge in [-0.2, -0.15) is 0 Å². The standard InChI is InChI=1S/C20H41N/c1-4-7-8-9-10-11-12-14-19-17-18(13-5-2)15-16-20(19)21-6-3/h18-21H,4-17H2,1-3H3. The molecular weight excluding hydrogens is 254 g/mol. The van der Waals surface area contributed by atoms with E-state index in [1.165, 1.54) is 83.5 Å². The molecule has 3 unspecified atom stereocenters. The SMILES string of the molecule is CCCCCCCCCC1CC(CCC)CCC1NCC. The summed E-state index contributed by atoms with van der Waals surface area (Å²) in [4.78, 5) is 0. The maximum absolute atomic E-state index is 3.77. The van der Waals surface area contributed by atoms with Gasteiger partial charge in [0.25, 0.3) is 0 Å². The number of nitrogens with one attached hydrogen (secondary N) is 1. The molecule has 1 nitrogen and oxygen atoms in total. The van der Waals surface area contributed by atoms with E-state index in [0.717, 1.165) is 24.4 Å². The molecule has 0 saturated heterocycles. The Balaban J connectivity index is 2.20. The molecule has 1 aliphatic rings. The van der Waals surface area contributed by atoms with E-state index in [4.69, 9.17) is 0 Å². The molecule has 1 saturated carbocycles. The zero-order chi connectivity index (χ0) is 15.3. The molecule has 0 spiro atoms. The van der Waals surface area contributed by atoms with E-state index in [2.05, 4.69) is 26.1 Å². The third-order valence-electron chi connectivity index (χ3n) is 5.43. The Kier molecular flexibility index (Phi) is 11.3. The molecule has 21 heavy (non-hydrogen) atoms. The van der Waals surface area contributed by atoms with Gasteiger partial charge in [-0.3, -0.25) is 0 Å². The van der Waals surface area contributed by atoms with E-state index in [9.17, 15) is 0 Å². The first-order valence-corrected chi connectivity index (χ1v) is 10.0. The summed E-state index contributed by atoms with van der Waals surface area (Å²) in [5.41, 5.74) is 0. The van der Waals surface area contributed by atoms with Gasteiger partial charge in [0.15, 0.2) is 0 Å². The van der Waals surface area contributed by atoms with Gasteiger partial charge in [0, 0.05) is 6.04 Å². The molecule has 126 valence electrons. The Bertz CT molecular complexity index is 226. The van der Waals surface area contributed by atoms with Gasteiger partial charge in [0.05, 0.1) is 0 Å². The Labute approximate surface area is 134 Å². The van der Waals surface area contributed by atoms with Gasteiger partial charge >= 0.3 is 0 Å². The Morgan fingerprint density at radius 2 is 1.48 bits per heavy atom. The average molecular weight is 296 g/mol. The lowest BCUT2D eigenvalue weighted by Crippen LogP contribution is -2.40. The monoisotopic (exact) mass is 295 g/mol. The summed E-state index contributed by atoms with van der Waals surface area (Å²) in [5.74, 6) is 1.99. The van der Waals surface area contributed by atoms with Crippen LogP contribution in [0, 0.1) is 11.8 Å². The van der Waals surface area contributed by atoms with Gasteiger partial charge in [-0.25, -0.2) is 0 Å². The zero-order valence-corrected chi connectivity index (χ0v) is 15.1. The molecule has 0 radical (unpaired) electrons. The minimum absolute atomic E-state index is 0.822. The minimum Gasteiger partial charge on any atom is -0.314 e. The van der Waals surface area contributed by atoms with Crippen molar-refractivity contribution in [1.29, 1.82) is 0 Å². The van der Waals surface area contributed by atoms with Crippen LogP contribution in [0.15, 0.2) is 0 Å². The molecule has 3 atom stereocenters. The van der Waals surface area contributed by atoms with Crippen LogP contribution in [0.2, 0.25) is 0 Å². The van der Waals surface area contributed by atoms with Crippen molar-refractivity contribution >= 4 is 0 Å².